The number of likely N-dealkylation sites (tertiary alicyclic amines) is 1. The maximum atomic E-state index is 5.71. The maximum Gasteiger partial charge on any atom is 0.151 e. The highest BCUT2D eigenvalue weighted by molar-refractivity contribution is 6.29. The summed E-state index contributed by atoms with van der Waals surface area (Å²) in [7, 11) is 0. The Morgan fingerprint density at radius 1 is 1.38 bits per heavy atom. The topological polar surface area (TPSA) is 29.0 Å². The number of piperidine rings is 1. The van der Waals surface area contributed by atoms with Crippen molar-refractivity contribution in [2.45, 2.75) is 39.3 Å². The highest BCUT2D eigenvalue weighted by atomic mass is 35.5. The summed E-state index contributed by atoms with van der Waals surface area (Å²) in [6.45, 7) is 6.67. The van der Waals surface area contributed by atoms with Gasteiger partial charge in [-0.05, 0) is 44.4 Å². The highest BCUT2D eigenvalue weighted by Gasteiger charge is 2.22. The minimum Gasteiger partial charge on any atom is -0.295 e. The molecule has 0 spiro atoms. The predicted molar refractivity (Wildman–Crippen MR) is 65.3 cm³/mol. The van der Waals surface area contributed by atoms with Crippen molar-refractivity contribution in [2.24, 2.45) is 5.92 Å². The van der Waals surface area contributed by atoms with E-state index < -0.39 is 0 Å². The molecular formula is C12H18ClN3. The second-order valence-corrected chi connectivity index (χ2v) is 5.18. The molecule has 88 valence electrons. The molecule has 1 aliphatic heterocycles. The van der Waals surface area contributed by atoms with Crippen molar-refractivity contribution in [3.63, 3.8) is 0 Å². The highest BCUT2D eigenvalue weighted by Crippen LogP contribution is 2.23. The first-order chi connectivity index (χ1) is 7.65. The lowest BCUT2D eigenvalue weighted by molar-refractivity contribution is 0.120. The van der Waals surface area contributed by atoms with Crippen molar-refractivity contribution in [1.82, 2.24) is 15.1 Å². The van der Waals surface area contributed by atoms with E-state index in [9.17, 15) is 0 Å². The van der Waals surface area contributed by atoms with E-state index in [1.165, 1.54) is 12.8 Å². The van der Waals surface area contributed by atoms with Gasteiger partial charge in [-0.25, -0.2) is 0 Å². The van der Waals surface area contributed by atoms with E-state index in [2.05, 4.69) is 28.9 Å². The van der Waals surface area contributed by atoms with Gasteiger partial charge < -0.3 is 0 Å². The van der Waals surface area contributed by atoms with Gasteiger partial charge in [0.1, 0.15) is 0 Å². The van der Waals surface area contributed by atoms with Crippen LogP contribution in [0.1, 0.15) is 32.4 Å². The molecule has 4 heteroatoms. The SMILES string of the molecule is CC1CCN(Cc2ccc(Cl)nn2)C(C)C1. The van der Waals surface area contributed by atoms with Crippen LogP contribution >= 0.6 is 11.6 Å². The fourth-order valence-corrected chi connectivity index (χ4v) is 2.43. The Morgan fingerprint density at radius 3 is 2.81 bits per heavy atom. The first kappa shape index (κ1) is 11.8. The van der Waals surface area contributed by atoms with E-state index >= 15 is 0 Å². The van der Waals surface area contributed by atoms with E-state index in [-0.39, 0.29) is 0 Å². The zero-order chi connectivity index (χ0) is 11.5. The third-order valence-corrected chi connectivity index (χ3v) is 3.53. The van der Waals surface area contributed by atoms with Gasteiger partial charge in [-0.1, -0.05) is 18.5 Å². The first-order valence-electron chi connectivity index (χ1n) is 5.87. The number of rotatable bonds is 2. The van der Waals surface area contributed by atoms with Gasteiger partial charge in [0.15, 0.2) is 5.15 Å². The molecular weight excluding hydrogens is 222 g/mol. The zero-order valence-corrected chi connectivity index (χ0v) is 10.6. The minimum atomic E-state index is 0.462. The smallest absolute Gasteiger partial charge is 0.151 e. The van der Waals surface area contributed by atoms with Crippen LogP contribution in [0, 0.1) is 5.92 Å². The molecule has 0 aromatic carbocycles. The fourth-order valence-electron chi connectivity index (χ4n) is 2.33. The Balaban J connectivity index is 1.96. The summed E-state index contributed by atoms with van der Waals surface area (Å²) in [5, 5.41) is 8.44. The molecule has 2 heterocycles. The Kier molecular flexibility index (Phi) is 3.77. The maximum absolute atomic E-state index is 5.71. The molecule has 1 aliphatic rings. The van der Waals surface area contributed by atoms with Gasteiger partial charge in [0.25, 0.3) is 0 Å². The summed E-state index contributed by atoms with van der Waals surface area (Å²) in [6, 6.07) is 4.41. The molecule has 16 heavy (non-hydrogen) atoms. The Hall–Kier alpha value is -0.670. The lowest BCUT2D eigenvalue weighted by atomic mass is 9.93. The Morgan fingerprint density at radius 2 is 2.19 bits per heavy atom. The molecule has 0 bridgehead atoms. The van der Waals surface area contributed by atoms with Crippen LogP contribution in [0.3, 0.4) is 0 Å². The van der Waals surface area contributed by atoms with E-state index in [0.29, 0.717) is 11.2 Å². The van der Waals surface area contributed by atoms with Gasteiger partial charge in [0.2, 0.25) is 0 Å². The van der Waals surface area contributed by atoms with Gasteiger partial charge in [-0.15, -0.1) is 5.10 Å². The van der Waals surface area contributed by atoms with Crippen molar-refractivity contribution in [3.05, 3.63) is 23.0 Å². The van der Waals surface area contributed by atoms with Crippen molar-refractivity contribution in [1.29, 1.82) is 0 Å². The van der Waals surface area contributed by atoms with Crippen LogP contribution in [0.2, 0.25) is 5.15 Å². The summed E-state index contributed by atoms with van der Waals surface area (Å²) in [5.41, 5.74) is 1.01. The van der Waals surface area contributed by atoms with Crippen LogP contribution in [0.5, 0.6) is 0 Å². The zero-order valence-electron chi connectivity index (χ0n) is 9.86. The largest absolute Gasteiger partial charge is 0.295 e. The van der Waals surface area contributed by atoms with Gasteiger partial charge >= 0.3 is 0 Å². The number of hydrogen-bond acceptors (Lipinski definition) is 3. The van der Waals surface area contributed by atoms with Crippen molar-refractivity contribution in [2.75, 3.05) is 6.54 Å². The van der Waals surface area contributed by atoms with E-state index in [0.717, 1.165) is 24.7 Å². The first-order valence-corrected chi connectivity index (χ1v) is 6.25. The molecule has 2 rings (SSSR count). The number of halogens is 1. The number of aromatic nitrogens is 2. The van der Waals surface area contributed by atoms with Crippen molar-refractivity contribution >= 4 is 11.6 Å². The fraction of sp³-hybridized carbons (Fsp3) is 0.667. The van der Waals surface area contributed by atoms with E-state index in [1.54, 1.807) is 6.07 Å². The van der Waals surface area contributed by atoms with Crippen molar-refractivity contribution in [3.8, 4) is 0 Å². The summed E-state index contributed by atoms with van der Waals surface area (Å²) < 4.78 is 0. The average molecular weight is 240 g/mol. The van der Waals surface area contributed by atoms with E-state index in [1.807, 2.05) is 6.07 Å². The lowest BCUT2D eigenvalue weighted by Crippen LogP contribution is -2.39. The van der Waals surface area contributed by atoms with E-state index in [4.69, 9.17) is 11.6 Å². The summed E-state index contributed by atoms with van der Waals surface area (Å²) in [5.74, 6) is 0.850. The number of hydrogen-bond donors (Lipinski definition) is 0. The molecule has 1 fully saturated rings. The Labute approximate surface area is 102 Å². The molecule has 2 atom stereocenters. The van der Waals surface area contributed by atoms with Crippen LogP contribution < -0.4 is 0 Å². The number of nitrogens with zero attached hydrogens (tertiary/aromatic N) is 3. The quantitative estimate of drug-likeness (QED) is 0.795. The van der Waals surface area contributed by atoms with Gasteiger partial charge in [-0.2, -0.15) is 5.10 Å². The summed E-state index contributed by atoms with van der Waals surface area (Å²) >= 11 is 5.71. The molecule has 1 saturated heterocycles. The summed E-state index contributed by atoms with van der Waals surface area (Å²) in [6.07, 6.45) is 2.56. The third kappa shape index (κ3) is 2.92. The molecule has 0 radical (unpaired) electrons. The second kappa shape index (κ2) is 5.11. The predicted octanol–water partition coefficient (Wildman–Crippen LogP) is 2.75. The molecule has 0 aliphatic carbocycles. The average Bonchev–Trinajstić information content (AvgIpc) is 2.25. The van der Waals surface area contributed by atoms with Gasteiger partial charge in [0, 0.05) is 12.6 Å². The minimum absolute atomic E-state index is 0.462. The normalized spacial score (nSPS) is 26.9. The van der Waals surface area contributed by atoms with Crippen LogP contribution in [0.4, 0.5) is 0 Å². The van der Waals surface area contributed by atoms with Crippen LogP contribution in [-0.2, 0) is 6.54 Å². The Bertz CT molecular complexity index is 339. The van der Waals surface area contributed by atoms with Gasteiger partial charge in [0.05, 0.1) is 5.69 Å². The second-order valence-electron chi connectivity index (χ2n) is 4.80. The van der Waals surface area contributed by atoms with Crippen molar-refractivity contribution < 1.29 is 0 Å². The lowest BCUT2D eigenvalue weighted by Gasteiger charge is -2.36. The monoisotopic (exact) mass is 239 g/mol. The molecule has 1 aromatic heterocycles. The van der Waals surface area contributed by atoms with Crippen LogP contribution in [0.25, 0.3) is 0 Å². The molecule has 1 aromatic rings. The molecule has 3 nitrogen and oxygen atoms in total. The summed E-state index contributed by atoms with van der Waals surface area (Å²) in [4.78, 5) is 2.47. The molecule has 0 amide bonds. The molecule has 0 N–H and O–H groups in total. The standard InChI is InChI=1S/C12H18ClN3/c1-9-5-6-16(10(2)7-9)8-11-3-4-12(13)15-14-11/h3-4,9-10H,5-8H2,1-2H3. The molecule has 0 saturated carbocycles. The van der Waals surface area contributed by atoms with Crippen LogP contribution in [-0.4, -0.2) is 27.7 Å². The molecule has 2 unspecified atom stereocenters. The van der Waals surface area contributed by atoms with Gasteiger partial charge in [-0.3, -0.25) is 4.90 Å². The third-order valence-electron chi connectivity index (χ3n) is 3.33. The van der Waals surface area contributed by atoms with Crippen LogP contribution in [0.15, 0.2) is 12.1 Å².